The molecule has 0 bridgehead atoms. The van der Waals surface area contributed by atoms with E-state index in [9.17, 15) is 4.79 Å². The predicted octanol–water partition coefficient (Wildman–Crippen LogP) is 3.04. The van der Waals surface area contributed by atoms with E-state index >= 15 is 0 Å². The number of thioether (sulfide) groups is 1. The zero-order valence-electron chi connectivity index (χ0n) is 13.4. The van der Waals surface area contributed by atoms with Crippen LogP contribution in [0, 0.1) is 0 Å². The van der Waals surface area contributed by atoms with Crippen LogP contribution in [0.25, 0.3) is 5.70 Å². The van der Waals surface area contributed by atoms with Crippen LogP contribution in [0.3, 0.4) is 0 Å². The van der Waals surface area contributed by atoms with Crippen LogP contribution in [0.2, 0.25) is 0 Å². The van der Waals surface area contributed by atoms with Gasteiger partial charge in [-0.05, 0) is 38.3 Å². The smallest absolute Gasteiger partial charge is 0.446 e. The molecule has 7 heteroatoms. The summed E-state index contributed by atoms with van der Waals surface area (Å²) < 4.78 is 17.9. The Bertz CT molecular complexity index is 808. The highest BCUT2D eigenvalue weighted by atomic mass is 32.2. The summed E-state index contributed by atoms with van der Waals surface area (Å²) in [5.74, 6) is 0.613. The van der Waals surface area contributed by atoms with Crippen molar-refractivity contribution in [1.82, 2.24) is 9.72 Å². The Labute approximate surface area is 138 Å². The third-order valence-corrected chi connectivity index (χ3v) is 4.80. The van der Waals surface area contributed by atoms with Gasteiger partial charge in [-0.15, -0.1) is 0 Å². The predicted molar refractivity (Wildman–Crippen MR) is 88.3 cm³/mol. The van der Waals surface area contributed by atoms with Gasteiger partial charge in [-0.25, -0.2) is 9.36 Å². The number of ether oxygens (including phenoxy) is 2. The summed E-state index contributed by atoms with van der Waals surface area (Å²) in [6.07, 6.45) is -0.0826. The highest BCUT2D eigenvalue weighted by Gasteiger charge is 2.45. The molecule has 0 N–H and O–H groups in total. The van der Waals surface area contributed by atoms with Crippen LogP contribution in [0.1, 0.15) is 32.2 Å². The van der Waals surface area contributed by atoms with Gasteiger partial charge < -0.3 is 9.47 Å². The Morgan fingerprint density at radius 2 is 2.17 bits per heavy atom. The molecule has 0 radical (unpaired) electrons. The molecule has 0 aliphatic carbocycles. The van der Waals surface area contributed by atoms with E-state index in [4.69, 9.17) is 14.0 Å². The van der Waals surface area contributed by atoms with Crippen molar-refractivity contribution in [3.63, 3.8) is 0 Å². The standard InChI is InChI=1S/C16H18N2O4S/c1-10(2)21-16(12-6-5-7-13(8-12)20-4)14-17-22-15(19)18(14)11(3)9-23-16/h5-10H,1-4H3. The van der Waals surface area contributed by atoms with Gasteiger partial charge in [-0.3, -0.25) is 4.52 Å². The van der Waals surface area contributed by atoms with Gasteiger partial charge in [0.15, 0.2) is 0 Å². The molecule has 0 spiro atoms. The van der Waals surface area contributed by atoms with E-state index in [-0.39, 0.29) is 6.10 Å². The zero-order chi connectivity index (χ0) is 16.6. The lowest BCUT2D eigenvalue weighted by atomic mass is 10.1. The highest BCUT2D eigenvalue weighted by molar-refractivity contribution is 8.03. The number of rotatable bonds is 4. The average molecular weight is 334 g/mol. The average Bonchev–Trinajstić information content (AvgIpc) is 2.93. The van der Waals surface area contributed by atoms with E-state index in [0.29, 0.717) is 11.6 Å². The molecule has 1 aliphatic heterocycles. The van der Waals surface area contributed by atoms with E-state index in [1.165, 1.54) is 16.3 Å². The third kappa shape index (κ3) is 2.60. The molecule has 23 heavy (non-hydrogen) atoms. The summed E-state index contributed by atoms with van der Waals surface area (Å²) in [5, 5.41) is 5.88. The van der Waals surface area contributed by atoms with Crippen molar-refractivity contribution >= 4 is 17.5 Å². The zero-order valence-corrected chi connectivity index (χ0v) is 14.2. The van der Waals surface area contributed by atoms with Gasteiger partial charge in [0.1, 0.15) is 5.75 Å². The van der Waals surface area contributed by atoms with Gasteiger partial charge in [0.05, 0.1) is 13.2 Å². The summed E-state index contributed by atoms with van der Waals surface area (Å²) in [6.45, 7) is 5.71. The first-order chi connectivity index (χ1) is 11.0. The van der Waals surface area contributed by atoms with Gasteiger partial charge in [-0.1, -0.05) is 29.1 Å². The van der Waals surface area contributed by atoms with Gasteiger partial charge in [0.2, 0.25) is 10.8 Å². The van der Waals surface area contributed by atoms with Crippen molar-refractivity contribution in [2.45, 2.75) is 31.8 Å². The van der Waals surface area contributed by atoms with E-state index in [1.54, 1.807) is 7.11 Å². The SMILES string of the molecule is COc1cccc(C2(OC(C)C)SC=C(C)n3c2noc3=O)c1. The van der Waals surface area contributed by atoms with Crippen LogP contribution in [0.5, 0.6) is 5.75 Å². The van der Waals surface area contributed by atoms with Crippen LogP contribution in [-0.4, -0.2) is 22.9 Å². The normalized spacial score (nSPS) is 20.3. The van der Waals surface area contributed by atoms with Crippen molar-refractivity contribution in [3.05, 3.63) is 51.6 Å². The Balaban J connectivity index is 2.25. The lowest BCUT2D eigenvalue weighted by Crippen LogP contribution is -2.36. The topological polar surface area (TPSA) is 66.5 Å². The fourth-order valence-corrected chi connectivity index (χ4v) is 3.73. The third-order valence-electron chi connectivity index (χ3n) is 3.50. The molecule has 122 valence electrons. The van der Waals surface area contributed by atoms with Crippen LogP contribution < -0.4 is 10.5 Å². The number of nitrogens with zero attached hydrogens (tertiary/aromatic N) is 2. The summed E-state index contributed by atoms with van der Waals surface area (Å²) in [6, 6.07) is 7.55. The van der Waals surface area contributed by atoms with Gasteiger partial charge in [0, 0.05) is 11.3 Å². The molecule has 0 amide bonds. The lowest BCUT2D eigenvalue weighted by molar-refractivity contribution is -0.00174. The molecule has 1 aromatic carbocycles. The molecule has 0 fully saturated rings. The molecular formula is C16H18N2O4S. The van der Waals surface area contributed by atoms with Crippen LogP contribution in [0.15, 0.2) is 39.0 Å². The van der Waals surface area contributed by atoms with Crippen molar-refractivity contribution < 1.29 is 14.0 Å². The maximum atomic E-state index is 12.0. The molecule has 0 saturated heterocycles. The molecule has 3 rings (SSSR count). The van der Waals surface area contributed by atoms with E-state index < -0.39 is 10.7 Å². The number of methoxy groups -OCH3 is 1. The van der Waals surface area contributed by atoms with Crippen LogP contribution in [-0.2, 0) is 9.67 Å². The second-order valence-corrected chi connectivity index (χ2v) is 6.55. The molecule has 6 nitrogen and oxygen atoms in total. The first-order valence-corrected chi connectivity index (χ1v) is 8.12. The van der Waals surface area contributed by atoms with Gasteiger partial charge >= 0.3 is 5.76 Å². The first kappa shape index (κ1) is 15.9. The maximum Gasteiger partial charge on any atom is 0.446 e. The van der Waals surface area contributed by atoms with Gasteiger partial charge in [-0.2, -0.15) is 0 Å². The molecular weight excluding hydrogens is 316 g/mol. The van der Waals surface area contributed by atoms with E-state index in [1.807, 2.05) is 50.4 Å². The summed E-state index contributed by atoms with van der Waals surface area (Å²) in [5.41, 5.74) is 1.59. The highest BCUT2D eigenvalue weighted by Crippen LogP contribution is 2.48. The van der Waals surface area contributed by atoms with E-state index in [0.717, 1.165) is 11.3 Å². The fraction of sp³-hybridized carbons (Fsp3) is 0.375. The minimum atomic E-state index is -0.964. The summed E-state index contributed by atoms with van der Waals surface area (Å²) in [7, 11) is 1.61. The molecule has 2 heterocycles. The number of hydrogen-bond donors (Lipinski definition) is 0. The Morgan fingerprint density at radius 1 is 1.39 bits per heavy atom. The number of aromatic nitrogens is 2. The number of hydrogen-bond acceptors (Lipinski definition) is 6. The first-order valence-electron chi connectivity index (χ1n) is 7.24. The minimum Gasteiger partial charge on any atom is -0.497 e. The molecule has 0 saturated carbocycles. The molecule has 1 atom stereocenters. The Hall–Kier alpha value is -1.99. The quantitative estimate of drug-likeness (QED) is 0.856. The minimum absolute atomic E-state index is 0.0826. The molecule has 2 aromatic rings. The molecule has 1 aliphatic rings. The molecule has 1 unspecified atom stereocenters. The Morgan fingerprint density at radius 3 is 2.87 bits per heavy atom. The lowest BCUT2D eigenvalue weighted by Gasteiger charge is -2.35. The second kappa shape index (κ2) is 5.90. The van der Waals surface area contributed by atoms with E-state index in [2.05, 4.69) is 5.16 Å². The number of allylic oxidation sites excluding steroid dienone is 1. The fourth-order valence-electron chi connectivity index (χ4n) is 2.55. The largest absolute Gasteiger partial charge is 0.497 e. The maximum absolute atomic E-state index is 12.0. The van der Waals surface area contributed by atoms with Crippen LogP contribution in [0.4, 0.5) is 0 Å². The number of benzene rings is 1. The number of fused-ring (bicyclic) bond motifs is 1. The summed E-state index contributed by atoms with van der Waals surface area (Å²) in [4.78, 5) is 11.0. The van der Waals surface area contributed by atoms with Crippen molar-refractivity contribution in [1.29, 1.82) is 0 Å². The Kier molecular flexibility index (Phi) is 4.08. The van der Waals surface area contributed by atoms with Crippen molar-refractivity contribution in [3.8, 4) is 5.75 Å². The van der Waals surface area contributed by atoms with Crippen molar-refractivity contribution in [2.75, 3.05) is 7.11 Å². The monoisotopic (exact) mass is 334 g/mol. The van der Waals surface area contributed by atoms with Crippen LogP contribution >= 0.6 is 11.8 Å². The summed E-state index contributed by atoms with van der Waals surface area (Å²) >= 11 is 1.45. The second-order valence-electron chi connectivity index (χ2n) is 5.50. The molecule has 1 aromatic heterocycles. The van der Waals surface area contributed by atoms with Crippen molar-refractivity contribution in [2.24, 2.45) is 0 Å². The van der Waals surface area contributed by atoms with Gasteiger partial charge in [0.25, 0.3) is 0 Å².